The second kappa shape index (κ2) is 8.87. The third-order valence-corrected chi connectivity index (χ3v) is 3.92. The fourth-order valence-electron chi connectivity index (χ4n) is 2.45. The second-order valence-electron chi connectivity index (χ2n) is 6.25. The van der Waals surface area contributed by atoms with Crippen LogP contribution in [0.25, 0.3) is 0 Å². The molecule has 5 heteroatoms. The minimum absolute atomic E-state index is 0.0993. The molecular formula is C20H25N3O2. The van der Waals surface area contributed by atoms with Gasteiger partial charge in [-0.2, -0.15) is 0 Å². The highest BCUT2D eigenvalue weighted by molar-refractivity contribution is 5.84. The minimum Gasteiger partial charge on any atom is -0.376 e. The monoisotopic (exact) mass is 339 g/mol. The summed E-state index contributed by atoms with van der Waals surface area (Å²) in [7, 11) is 0. The summed E-state index contributed by atoms with van der Waals surface area (Å²) in [5.41, 5.74) is 10.3. The number of amides is 2. The number of hydrazine groups is 1. The molecule has 0 heterocycles. The van der Waals surface area contributed by atoms with Crippen LogP contribution in [0.4, 0.5) is 5.69 Å². The molecule has 0 radical (unpaired) electrons. The summed E-state index contributed by atoms with van der Waals surface area (Å²) in [6, 6.07) is 14.0. The van der Waals surface area contributed by atoms with Gasteiger partial charge in [-0.15, -0.1) is 0 Å². The van der Waals surface area contributed by atoms with Crippen molar-refractivity contribution in [1.82, 2.24) is 10.9 Å². The molecule has 0 unspecified atom stereocenters. The Balaban J connectivity index is 1.68. The Morgan fingerprint density at radius 3 is 2.16 bits per heavy atom. The lowest BCUT2D eigenvalue weighted by molar-refractivity contribution is -0.128. The molecule has 0 aliphatic carbocycles. The van der Waals surface area contributed by atoms with Gasteiger partial charge in [-0.1, -0.05) is 47.5 Å². The maximum Gasteiger partial charge on any atom is 0.257 e. The fourth-order valence-corrected chi connectivity index (χ4v) is 2.45. The van der Waals surface area contributed by atoms with E-state index < -0.39 is 0 Å². The predicted octanol–water partition coefficient (Wildman–Crippen LogP) is 2.80. The maximum atomic E-state index is 11.8. The largest absolute Gasteiger partial charge is 0.376 e. The third-order valence-electron chi connectivity index (χ3n) is 3.92. The zero-order valence-electron chi connectivity index (χ0n) is 15.0. The molecule has 0 atom stereocenters. The lowest BCUT2D eigenvalue weighted by atomic mass is 10.1. The van der Waals surface area contributed by atoms with Crippen LogP contribution in [0.2, 0.25) is 0 Å². The molecule has 132 valence electrons. The van der Waals surface area contributed by atoms with Crippen LogP contribution in [0.15, 0.2) is 42.5 Å². The molecule has 5 nitrogen and oxygen atoms in total. The Morgan fingerprint density at radius 2 is 1.48 bits per heavy atom. The SMILES string of the molecule is Cc1ccc(CCC(=O)NNC(=O)CNc2ccc(C)cc2C)cc1. The number of anilines is 1. The molecule has 25 heavy (non-hydrogen) atoms. The molecule has 0 aromatic heterocycles. The molecule has 2 aromatic rings. The van der Waals surface area contributed by atoms with Crippen LogP contribution in [0.1, 0.15) is 28.7 Å². The molecule has 0 aliphatic heterocycles. The van der Waals surface area contributed by atoms with Crippen molar-refractivity contribution in [3.05, 3.63) is 64.7 Å². The van der Waals surface area contributed by atoms with Crippen LogP contribution in [0.3, 0.4) is 0 Å². The summed E-state index contributed by atoms with van der Waals surface area (Å²) in [5.74, 6) is -0.496. The molecule has 0 bridgehead atoms. The number of hydrogen-bond donors (Lipinski definition) is 3. The standard InChI is InChI=1S/C20H25N3O2/c1-14-4-7-17(8-5-14)9-11-19(24)22-23-20(25)13-21-18-10-6-15(2)12-16(18)3/h4-8,10,12,21H,9,11,13H2,1-3H3,(H,22,24)(H,23,25). The van der Waals surface area contributed by atoms with E-state index in [2.05, 4.69) is 16.2 Å². The highest BCUT2D eigenvalue weighted by Crippen LogP contribution is 2.15. The van der Waals surface area contributed by atoms with E-state index in [1.807, 2.05) is 63.2 Å². The van der Waals surface area contributed by atoms with Crippen molar-refractivity contribution in [1.29, 1.82) is 0 Å². The zero-order valence-corrected chi connectivity index (χ0v) is 15.0. The third kappa shape index (κ3) is 6.30. The van der Waals surface area contributed by atoms with Gasteiger partial charge in [0.25, 0.3) is 5.91 Å². The minimum atomic E-state index is -0.288. The number of benzene rings is 2. The molecule has 0 saturated carbocycles. The summed E-state index contributed by atoms with van der Waals surface area (Å²) >= 11 is 0. The van der Waals surface area contributed by atoms with E-state index in [0.29, 0.717) is 12.8 Å². The predicted molar refractivity (Wildman–Crippen MR) is 100 cm³/mol. The average Bonchev–Trinajstić information content (AvgIpc) is 2.58. The first-order chi connectivity index (χ1) is 11.9. The second-order valence-corrected chi connectivity index (χ2v) is 6.25. The van der Waals surface area contributed by atoms with Gasteiger partial charge in [-0.3, -0.25) is 20.4 Å². The molecule has 3 N–H and O–H groups in total. The molecule has 0 aliphatic rings. The normalized spacial score (nSPS) is 10.2. The summed E-state index contributed by atoms with van der Waals surface area (Å²) in [6.07, 6.45) is 0.969. The Bertz CT molecular complexity index is 739. The van der Waals surface area contributed by atoms with E-state index in [9.17, 15) is 9.59 Å². The number of nitrogens with one attached hydrogen (secondary N) is 3. The first kappa shape index (κ1) is 18.5. The van der Waals surface area contributed by atoms with Gasteiger partial charge in [0.05, 0.1) is 6.54 Å². The van der Waals surface area contributed by atoms with E-state index in [0.717, 1.165) is 16.8 Å². The summed E-state index contributed by atoms with van der Waals surface area (Å²) in [4.78, 5) is 23.6. The number of carbonyl (C=O) groups is 2. The highest BCUT2D eigenvalue weighted by Gasteiger charge is 2.06. The molecule has 0 spiro atoms. The molecule has 2 rings (SSSR count). The molecule has 2 aromatic carbocycles. The van der Waals surface area contributed by atoms with E-state index in [-0.39, 0.29) is 18.4 Å². The van der Waals surface area contributed by atoms with Crippen LogP contribution >= 0.6 is 0 Å². The van der Waals surface area contributed by atoms with Gasteiger partial charge in [0, 0.05) is 12.1 Å². The molecule has 2 amide bonds. The van der Waals surface area contributed by atoms with Crippen LogP contribution in [-0.4, -0.2) is 18.4 Å². The Hall–Kier alpha value is -2.82. The number of aryl methyl sites for hydroxylation is 4. The van der Waals surface area contributed by atoms with Crippen molar-refractivity contribution in [2.45, 2.75) is 33.6 Å². The Kier molecular flexibility index (Phi) is 6.57. The van der Waals surface area contributed by atoms with Gasteiger partial charge in [-0.05, 0) is 44.4 Å². The summed E-state index contributed by atoms with van der Waals surface area (Å²) < 4.78 is 0. The van der Waals surface area contributed by atoms with Crippen LogP contribution < -0.4 is 16.2 Å². The maximum absolute atomic E-state index is 11.8. The van der Waals surface area contributed by atoms with Crippen molar-refractivity contribution in [2.24, 2.45) is 0 Å². The average molecular weight is 339 g/mol. The summed E-state index contributed by atoms with van der Waals surface area (Å²) in [6.45, 7) is 6.13. The lowest BCUT2D eigenvalue weighted by Crippen LogP contribution is -2.44. The number of carbonyl (C=O) groups excluding carboxylic acids is 2. The number of hydrogen-bond acceptors (Lipinski definition) is 3. The lowest BCUT2D eigenvalue weighted by Gasteiger charge is -2.11. The highest BCUT2D eigenvalue weighted by atomic mass is 16.2. The topological polar surface area (TPSA) is 70.2 Å². The van der Waals surface area contributed by atoms with Crippen LogP contribution in [0, 0.1) is 20.8 Å². The fraction of sp³-hybridized carbons (Fsp3) is 0.300. The first-order valence-electron chi connectivity index (χ1n) is 8.38. The van der Waals surface area contributed by atoms with Crippen molar-refractivity contribution in [3.63, 3.8) is 0 Å². The zero-order chi connectivity index (χ0) is 18.2. The van der Waals surface area contributed by atoms with E-state index in [1.165, 1.54) is 11.1 Å². The van der Waals surface area contributed by atoms with Crippen molar-refractivity contribution in [3.8, 4) is 0 Å². The van der Waals surface area contributed by atoms with Gasteiger partial charge < -0.3 is 5.32 Å². The Morgan fingerprint density at radius 1 is 0.840 bits per heavy atom. The number of rotatable bonds is 6. The quantitative estimate of drug-likeness (QED) is 0.709. The van der Waals surface area contributed by atoms with Gasteiger partial charge >= 0.3 is 0 Å². The van der Waals surface area contributed by atoms with E-state index in [4.69, 9.17) is 0 Å². The van der Waals surface area contributed by atoms with Crippen molar-refractivity contribution >= 4 is 17.5 Å². The Labute approximate surface area is 148 Å². The van der Waals surface area contributed by atoms with Crippen molar-refractivity contribution in [2.75, 3.05) is 11.9 Å². The van der Waals surface area contributed by atoms with Crippen LogP contribution in [0.5, 0.6) is 0 Å². The molecule has 0 saturated heterocycles. The van der Waals surface area contributed by atoms with Gasteiger partial charge in [0.1, 0.15) is 0 Å². The van der Waals surface area contributed by atoms with E-state index in [1.54, 1.807) is 0 Å². The molecular weight excluding hydrogens is 314 g/mol. The molecule has 0 fully saturated rings. The van der Waals surface area contributed by atoms with Crippen LogP contribution in [-0.2, 0) is 16.0 Å². The smallest absolute Gasteiger partial charge is 0.257 e. The van der Waals surface area contributed by atoms with Gasteiger partial charge in [0.2, 0.25) is 5.91 Å². The first-order valence-corrected chi connectivity index (χ1v) is 8.38. The van der Waals surface area contributed by atoms with Gasteiger partial charge in [0.15, 0.2) is 0 Å². The summed E-state index contributed by atoms with van der Waals surface area (Å²) in [5, 5.41) is 3.06. The van der Waals surface area contributed by atoms with Crippen molar-refractivity contribution < 1.29 is 9.59 Å². The van der Waals surface area contributed by atoms with Gasteiger partial charge in [-0.25, -0.2) is 0 Å². The van der Waals surface area contributed by atoms with E-state index >= 15 is 0 Å².